The lowest BCUT2D eigenvalue weighted by atomic mass is 10.0. The Morgan fingerprint density at radius 2 is 1.82 bits per heavy atom. The highest BCUT2D eigenvalue weighted by Crippen LogP contribution is 2.40. The number of alkyl halides is 2. The van der Waals surface area contributed by atoms with E-state index in [0.717, 1.165) is 19.3 Å². The number of rotatable bonds is 8. The molecule has 14 heteroatoms. The Morgan fingerprint density at radius 3 is 2.50 bits per heavy atom. The van der Waals surface area contributed by atoms with Gasteiger partial charge in [-0.15, -0.1) is 5.10 Å². The van der Waals surface area contributed by atoms with Crippen molar-refractivity contribution in [1.29, 1.82) is 0 Å². The predicted octanol–water partition coefficient (Wildman–Crippen LogP) is 6.01. The van der Waals surface area contributed by atoms with Crippen LogP contribution < -0.4 is 0 Å². The number of pyridine rings is 1. The summed E-state index contributed by atoms with van der Waals surface area (Å²) in [7, 11) is 0. The Kier molecular flexibility index (Phi) is 6.36. The van der Waals surface area contributed by atoms with Crippen LogP contribution in [0.25, 0.3) is 28.1 Å². The topological polar surface area (TPSA) is 92.1 Å². The molecule has 0 amide bonds. The fourth-order valence-corrected chi connectivity index (χ4v) is 4.85. The quantitative estimate of drug-likeness (QED) is 0.231. The smallest absolute Gasteiger partial charge is 0.263 e. The molecule has 38 heavy (non-hydrogen) atoms. The predicted molar refractivity (Wildman–Crippen MR) is 133 cm³/mol. The molecule has 194 valence electrons. The first-order valence-corrected chi connectivity index (χ1v) is 12.4. The van der Waals surface area contributed by atoms with Crippen LogP contribution in [0.4, 0.5) is 13.2 Å². The molecular formula is C24H18Cl2F3N9. The summed E-state index contributed by atoms with van der Waals surface area (Å²) < 4.78 is 45.7. The first-order chi connectivity index (χ1) is 18.4. The monoisotopic (exact) mass is 559 g/mol. The highest BCUT2D eigenvalue weighted by Gasteiger charge is 2.29. The Hall–Kier alpha value is -3.77. The molecule has 0 bridgehead atoms. The Bertz CT molecular complexity index is 1580. The molecule has 1 aromatic carbocycles. The second-order valence-electron chi connectivity index (χ2n) is 8.95. The summed E-state index contributed by atoms with van der Waals surface area (Å²) in [6.45, 7) is -2.84. The Labute approximate surface area is 223 Å². The van der Waals surface area contributed by atoms with Crippen LogP contribution in [0.5, 0.6) is 0 Å². The number of hydrogen-bond donors (Lipinski definition) is 0. The third kappa shape index (κ3) is 4.54. The molecule has 1 fully saturated rings. The van der Waals surface area contributed by atoms with Gasteiger partial charge in [0.15, 0.2) is 5.82 Å². The van der Waals surface area contributed by atoms with Crippen LogP contribution >= 0.6 is 23.2 Å². The number of nitrogens with zero attached hydrogens (tertiary/aromatic N) is 9. The van der Waals surface area contributed by atoms with E-state index in [2.05, 4.69) is 30.7 Å². The summed E-state index contributed by atoms with van der Waals surface area (Å²) in [6, 6.07) is 6.34. The molecule has 1 atom stereocenters. The Morgan fingerprint density at radius 1 is 0.974 bits per heavy atom. The van der Waals surface area contributed by atoms with E-state index < -0.39 is 12.4 Å². The van der Waals surface area contributed by atoms with Crippen molar-refractivity contribution >= 4 is 23.2 Å². The van der Waals surface area contributed by atoms with Crippen LogP contribution in [0, 0.1) is 11.7 Å². The zero-order valence-electron chi connectivity index (χ0n) is 19.5. The minimum absolute atomic E-state index is 0.0433. The SMILES string of the molecule is Fc1c(Cl)ccc(-n2cnnn2)c1-c1ccc(C(CC2CC2)n2cc(-c3c(Cl)cnn3C(F)F)cn2)nc1. The van der Waals surface area contributed by atoms with Gasteiger partial charge in [-0.25, -0.2) is 9.07 Å². The van der Waals surface area contributed by atoms with Crippen molar-refractivity contribution in [3.8, 4) is 28.1 Å². The number of hydrogen-bond acceptors (Lipinski definition) is 6. The molecule has 1 aliphatic rings. The van der Waals surface area contributed by atoms with E-state index >= 15 is 4.39 Å². The van der Waals surface area contributed by atoms with Gasteiger partial charge < -0.3 is 0 Å². The standard InChI is InChI=1S/C24H18Cl2F3N9/c25-16-4-6-19(37-12-31-34-35-37)21(22(16)27)14-3-5-18(30-8-14)20(7-13-1-2-13)36-11-15(9-32-36)23-17(26)10-33-38(23)24(28)29/h3-6,8-13,20,24H,1-2,7H2. The number of tetrazole rings is 1. The Balaban J connectivity index is 1.37. The molecule has 1 aliphatic carbocycles. The summed E-state index contributed by atoms with van der Waals surface area (Å²) in [5.41, 5.74) is 2.29. The molecule has 0 radical (unpaired) electrons. The van der Waals surface area contributed by atoms with Crippen LogP contribution in [0.15, 0.2) is 55.4 Å². The molecule has 0 aliphatic heterocycles. The average molecular weight is 560 g/mol. The van der Waals surface area contributed by atoms with Crippen LogP contribution in [-0.2, 0) is 0 Å². The van der Waals surface area contributed by atoms with Crippen LogP contribution in [-0.4, -0.2) is 44.8 Å². The lowest BCUT2D eigenvalue weighted by Crippen LogP contribution is -2.14. The second kappa shape index (κ2) is 9.84. The van der Waals surface area contributed by atoms with Crippen LogP contribution in [0.2, 0.25) is 10.0 Å². The molecule has 9 nitrogen and oxygen atoms in total. The molecule has 0 N–H and O–H groups in total. The highest BCUT2D eigenvalue weighted by atomic mass is 35.5. The summed E-state index contributed by atoms with van der Waals surface area (Å²) in [5.74, 6) is -0.117. The van der Waals surface area contributed by atoms with Gasteiger partial charge >= 0.3 is 6.55 Å². The van der Waals surface area contributed by atoms with E-state index in [-0.39, 0.29) is 27.3 Å². The van der Waals surface area contributed by atoms with Gasteiger partial charge in [0, 0.05) is 29.1 Å². The van der Waals surface area contributed by atoms with E-state index in [4.69, 9.17) is 23.2 Å². The van der Waals surface area contributed by atoms with Gasteiger partial charge in [0.25, 0.3) is 0 Å². The maximum atomic E-state index is 15.2. The largest absolute Gasteiger partial charge is 0.333 e. The van der Waals surface area contributed by atoms with Gasteiger partial charge in [-0.2, -0.15) is 23.7 Å². The summed E-state index contributed by atoms with van der Waals surface area (Å²) in [6.07, 6.45) is 10.2. The van der Waals surface area contributed by atoms with Crippen LogP contribution in [0.3, 0.4) is 0 Å². The molecule has 1 unspecified atom stereocenters. The second-order valence-corrected chi connectivity index (χ2v) is 9.76. The lowest BCUT2D eigenvalue weighted by molar-refractivity contribution is 0.0585. The third-order valence-corrected chi connectivity index (χ3v) is 7.04. The van der Waals surface area contributed by atoms with Crippen LogP contribution in [0.1, 0.15) is 37.5 Å². The van der Waals surface area contributed by atoms with Gasteiger partial charge in [-0.3, -0.25) is 9.67 Å². The summed E-state index contributed by atoms with van der Waals surface area (Å²) >= 11 is 12.2. The van der Waals surface area contributed by atoms with Crippen molar-refractivity contribution < 1.29 is 13.2 Å². The molecule has 6 rings (SSSR count). The van der Waals surface area contributed by atoms with E-state index in [1.165, 1.54) is 29.5 Å². The zero-order chi connectivity index (χ0) is 26.4. The van der Waals surface area contributed by atoms with E-state index in [1.54, 1.807) is 35.3 Å². The highest BCUT2D eigenvalue weighted by molar-refractivity contribution is 6.33. The maximum Gasteiger partial charge on any atom is 0.333 e. The van der Waals surface area contributed by atoms with Gasteiger partial charge in [-0.05, 0) is 41.0 Å². The first-order valence-electron chi connectivity index (χ1n) is 11.6. The minimum atomic E-state index is -2.84. The lowest BCUT2D eigenvalue weighted by Gasteiger charge is -2.18. The van der Waals surface area contributed by atoms with Gasteiger partial charge in [0.1, 0.15) is 6.33 Å². The molecule has 5 aromatic rings. The number of halogens is 5. The minimum Gasteiger partial charge on any atom is -0.263 e. The first kappa shape index (κ1) is 24.6. The van der Waals surface area contributed by atoms with Crippen molar-refractivity contribution in [2.45, 2.75) is 31.9 Å². The fourth-order valence-electron chi connectivity index (χ4n) is 4.45. The van der Waals surface area contributed by atoms with Crippen molar-refractivity contribution in [1.82, 2.24) is 44.8 Å². The fraction of sp³-hybridized carbons (Fsp3) is 0.250. The van der Waals surface area contributed by atoms with E-state index in [0.29, 0.717) is 33.1 Å². The van der Waals surface area contributed by atoms with Crippen molar-refractivity contribution in [3.05, 3.63) is 76.9 Å². The van der Waals surface area contributed by atoms with Gasteiger partial charge in [-0.1, -0.05) is 42.1 Å². The maximum absolute atomic E-state index is 15.2. The zero-order valence-corrected chi connectivity index (χ0v) is 21.0. The van der Waals surface area contributed by atoms with Crippen molar-refractivity contribution in [2.24, 2.45) is 5.92 Å². The molecule has 0 saturated heterocycles. The normalized spacial score (nSPS) is 14.4. The molecule has 0 spiro atoms. The summed E-state index contributed by atoms with van der Waals surface area (Å²) in [5, 5.41) is 19.3. The summed E-state index contributed by atoms with van der Waals surface area (Å²) in [4.78, 5) is 4.65. The van der Waals surface area contributed by atoms with Gasteiger partial charge in [0.2, 0.25) is 0 Å². The van der Waals surface area contributed by atoms with E-state index in [9.17, 15) is 8.78 Å². The molecule has 4 aromatic heterocycles. The average Bonchev–Trinajstić information content (AvgIpc) is 3.28. The van der Waals surface area contributed by atoms with Crippen molar-refractivity contribution in [2.75, 3.05) is 0 Å². The molecule has 4 heterocycles. The third-order valence-electron chi connectivity index (χ3n) is 6.47. The molecular weight excluding hydrogens is 542 g/mol. The molecule has 1 saturated carbocycles. The van der Waals surface area contributed by atoms with Gasteiger partial charge in [0.05, 0.1) is 45.6 Å². The van der Waals surface area contributed by atoms with E-state index in [1.807, 2.05) is 0 Å². The van der Waals surface area contributed by atoms with Crippen molar-refractivity contribution in [3.63, 3.8) is 0 Å². The number of benzene rings is 1. The number of aromatic nitrogens is 9.